The Labute approximate surface area is 232 Å². The van der Waals surface area contributed by atoms with E-state index in [1.807, 2.05) is 20.8 Å². The molecule has 216 valence electrons. The predicted molar refractivity (Wildman–Crippen MR) is 144 cm³/mol. The van der Waals surface area contributed by atoms with E-state index in [2.05, 4.69) is 18.8 Å². The van der Waals surface area contributed by atoms with Gasteiger partial charge in [-0.05, 0) is 92.1 Å². The smallest absolute Gasteiger partial charge is 0.159 e. The maximum Gasteiger partial charge on any atom is 0.159 e. The molecule has 0 amide bonds. The molecule has 0 aromatic heterocycles. The lowest BCUT2D eigenvalue weighted by Crippen LogP contribution is -2.66. The first-order valence-corrected chi connectivity index (χ1v) is 15.1. The molecule has 7 heteroatoms. The Bertz CT molecular complexity index is 1140. The zero-order chi connectivity index (χ0) is 28.3. The van der Waals surface area contributed by atoms with Crippen LogP contribution < -0.4 is 0 Å². The topological polar surface area (TPSA) is 127 Å². The molecule has 3 saturated carbocycles. The van der Waals surface area contributed by atoms with Crippen LogP contribution in [0.5, 0.6) is 0 Å². The molecule has 4 fully saturated rings. The van der Waals surface area contributed by atoms with Crippen LogP contribution in [0.25, 0.3) is 0 Å². The van der Waals surface area contributed by atoms with Crippen LogP contribution >= 0.6 is 0 Å². The first-order valence-electron chi connectivity index (χ1n) is 15.1. The summed E-state index contributed by atoms with van der Waals surface area (Å²) in [5.74, 6) is 5.21. The minimum absolute atomic E-state index is 0.0162. The first-order chi connectivity index (χ1) is 18.2. The summed E-state index contributed by atoms with van der Waals surface area (Å²) in [5.41, 5.74) is -3.36. The summed E-state index contributed by atoms with van der Waals surface area (Å²) >= 11 is 0. The third-order valence-corrected chi connectivity index (χ3v) is 13.1. The van der Waals surface area contributed by atoms with E-state index in [0.29, 0.717) is 44.9 Å². The van der Waals surface area contributed by atoms with Gasteiger partial charge in [-0.15, -0.1) is 5.92 Å². The van der Waals surface area contributed by atoms with Gasteiger partial charge in [0, 0.05) is 17.8 Å². The molecule has 15 atom stereocenters. The van der Waals surface area contributed by atoms with E-state index in [4.69, 9.17) is 4.74 Å². The van der Waals surface area contributed by atoms with Crippen molar-refractivity contribution in [2.75, 3.05) is 0 Å². The average Bonchev–Trinajstić information content (AvgIpc) is 3.34. The number of ketones is 1. The quantitative estimate of drug-likeness (QED) is 0.298. The molecule has 2 bridgehead atoms. The molecule has 5 N–H and O–H groups in total. The van der Waals surface area contributed by atoms with E-state index in [1.165, 1.54) is 0 Å². The largest absolute Gasteiger partial charge is 0.393 e. The van der Waals surface area contributed by atoms with Gasteiger partial charge in [0.25, 0.3) is 0 Å². The number of aliphatic hydroxyl groups is 5. The number of carbonyl (C=O) groups is 1. The van der Waals surface area contributed by atoms with Crippen LogP contribution in [-0.4, -0.2) is 73.0 Å². The molecule has 6 aliphatic rings. The van der Waals surface area contributed by atoms with Crippen molar-refractivity contribution in [1.82, 2.24) is 0 Å². The Morgan fingerprint density at radius 2 is 1.64 bits per heavy atom. The van der Waals surface area contributed by atoms with Gasteiger partial charge in [0.1, 0.15) is 12.2 Å². The number of carbonyl (C=O) groups excluding carboxylic acids is 1. The lowest BCUT2D eigenvalue weighted by atomic mass is 9.43. The van der Waals surface area contributed by atoms with Crippen LogP contribution in [0.2, 0.25) is 0 Å². The van der Waals surface area contributed by atoms with E-state index >= 15 is 0 Å². The normalized spacial score (nSPS) is 58.6. The van der Waals surface area contributed by atoms with Crippen LogP contribution in [0.3, 0.4) is 0 Å². The predicted octanol–water partition coefficient (Wildman–Crippen LogP) is 2.37. The molecule has 2 heterocycles. The standard InChI is InChI=1S/C32H46O7/c1-16-17(2)27-28(36)31(5,37)25-10-12-32(38)21-15-24(35)22-14-19(33)9-11-29(22,3)20(21)13-18(30(25,32)4)7-6-8-23(34)26(16)39-27/h15-20,22-23,25-28,33-34,36-38H,7,9-14H2,1-5H3/t16-,17-,18-,19+,20+,22+,23+,25+,26+,27+,28-,29-,30-,31+,32-/m1/s1. The highest BCUT2D eigenvalue weighted by atomic mass is 16.5. The second-order valence-corrected chi connectivity index (χ2v) is 14.6. The van der Waals surface area contributed by atoms with Gasteiger partial charge in [-0.2, -0.15) is 0 Å². The zero-order valence-electron chi connectivity index (χ0n) is 23.9. The number of rotatable bonds is 0. The number of allylic oxidation sites excluding steroid dienone is 1. The highest BCUT2D eigenvalue weighted by Gasteiger charge is 2.72. The van der Waals surface area contributed by atoms with E-state index < -0.39 is 53.1 Å². The van der Waals surface area contributed by atoms with Crippen molar-refractivity contribution in [2.24, 2.45) is 46.3 Å². The Balaban J connectivity index is 1.50. The number of hydrogen-bond acceptors (Lipinski definition) is 7. The van der Waals surface area contributed by atoms with E-state index in [-0.39, 0.29) is 40.8 Å². The van der Waals surface area contributed by atoms with Gasteiger partial charge in [0.05, 0.1) is 29.5 Å². The number of ether oxygens (including phenoxy) is 1. The summed E-state index contributed by atoms with van der Waals surface area (Å²) in [7, 11) is 0. The van der Waals surface area contributed by atoms with Gasteiger partial charge in [0.2, 0.25) is 0 Å². The molecule has 0 unspecified atom stereocenters. The molecule has 0 spiro atoms. The third-order valence-electron chi connectivity index (χ3n) is 13.1. The van der Waals surface area contributed by atoms with Gasteiger partial charge in [0.15, 0.2) is 5.78 Å². The molecular formula is C32H46O7. The van der Waals surface area contributed by atoms with Crippen molar-refractivity contribution < 1.29 is 35.1 Å². The first kappa shape index (κ1) is 27.9. The lowest BCUT2D eigenvalue weighted by Gasteiger charge is -2.63. The summed E-state index contributed by atoms with van der Waals surface area (Å²) in [4.78, 5) is 13.5. The fourth-order valence-corrected chi connectivity index (χ4v) is 10.4. The molecule has 7 nitrogen and oxygen atoms in total. The van der Waals surface area contributed by atoms with Crippen LogP contribution in [0.4, 0.5) is 0 Å². The highest BCUT2D eigenvalue weighted by molar-refractivity contribution is 5.95. The van der Waals surface area contributed by atoms with Gasteiger partial charge in [-0.3, -0.25) is 4.79 Å². The molecule has 4 aliphatic carbocycles. The van der Waals surface area contributed by atoms with Gasteiger partial charge < -0.3 is 30.3 Å². The van der Waals surface area contributed by atoms with Crippen LogP contribution in [0.1, 0.15) is 79.6 Å². The number of fused-ring (bicyclic) bond motifs is 6. The SMILES string of the molecule is C[C@@H]1[C@@H](C)[C@@H]2O[C@@H]1[C@@H](O)[C@@](C)(O)[C@H]1CC[C@@]3(O)C4=CC(=O)[C@@H]5C[C@@H](O)CC[C@]5(C)[C@H]4C[C@@H](CC#C[C@@H]2O)[C@]13C. The average molecular weight is 543 g/mol. The molecule has 6 rings (SSSR count). The van der Waals surface area contributed by atoms with E-state index in [0.717, 1.165) is 5.57 Å². The van der Waals surface area contributed by atoms with Crippen LogP contribution in [-0.2, 0) is 9.53 Å². The summed E-state index contributed by atoms with van der Waals surface area (Å²) < 4.78 is 6.20. The fourth-order valence-electron chi connectivity index (χ4n) is 10.4. The summed E-state index contributed by atoms with van der Waals surface area (Å²) in [6.07, 6.45) is 1.56. The maximum atomic E-state index is 13.5. The minimum atomic E-state index is -1.57. The Morgan fingerprint density at radius 3 is 2.36 bits per heavy atom. The van der Waals surface area contributed by atoms with Crippen LogP contribution in [0, 0.1) is 58.2 Å². The lowest BCUT2D eigenvalue weighted by molar-refractivity contribution is -0.211. The third kappa shape index (κ3) is 3.55. The molecule has 2 aliphatic heterocycles. The second kappa shape index (κ2) is 8.86. The molecule has 0 aromatic rings. The van der Waals surface area contributed by atoms with Gasteiger partial charge in [-0.25, -0.2) is 0 Å². The number of aliphatic hydroxyl groups excluding tert-OH is 3. The zero-order valence-corrected chi connectivity index (χ0v) is 23.9. The molecule has 39 heavy (non-hydrogen) atoms. The highest BCUT2D eigenvalue weighted by Crippen LogP contribution is 2.71. The molecule has 1 saturated heterocycles. The second-order valence-electron chi connectivity index (χ2n) is 14.6. The van der Waals surface area contributed by atoms with Crippen molar-refractivity contribution in [3.05, 3.63) is 11.6 Å². The van der Waals surface area contributed by atoms with Crippen molar-refractivity contribution >= 4 is 5.78 Å². The van der Waals surface area contributed by atoms with Gasteiger partial charge in [-0.1, -0.05) is 33.6 Å². The van der Waals surface area contributed by atoms with Crippen molar-refractivity contribution in [3.63, 3.8) is 0 Å². The van der Waals surface area contributed by atoms with Crippen molar-refractivity contribution in [3.8, 4) is 11.8 Å². The monoisotopic (exact) mass is 542 g/mol. The Morgan fingerprint density at radius 1 is 0.949 bits per heavy atom. The molecule has 0 aromatic carbocycles. The van der Waals surface area contributed by atoms with Gasteiger partial charge >= 0.3 is 0 Å². The summed E-state index contributed by atoms with van der Waals surface area (Å²) in [6.45, 7) is 9.81. The van der Waals surface area contributed by atoms with Crippen molar-refractivity contribution in [2.45, 2.75) is 121 Å². The maximum absolute atomic E-state index is 13.5. The summed E-state index contributed by atoms with van der Waals surface area (Å²) in [6, 6.07) is 0. The Hall–Kier alpha value is -1.27. The van der Waals surface area contributed by atoms with Crippen molar-refractivity contribution in [1.29, 1.82) is 0 Å². The number of hydrogen-bond donors (Lipinski definition) is 5. The fraction of sp³-hybridized carbons (Fsp3) is 0.844. The molecular weight excluding hydrogens is 496 g/mol. The van der Waals surface area contributed by atoms with E-state index in [9.17, 15) is 30.3 Å². The van der Waals surface area contributed by atoms with Crippen LogP contribution in [0.15, 0.2) is 11.6 Å². The molecule has 0 radical (unpaired) electrons. The minimum Gasteiger partial charge on any atom is -0.393 e. The Kier molecular flexibility index (Phi) is 6.34. The van der Waals surface area contributed by atoms with E-state index in [1.54, 1.807) is 13.0 Å². The summed E-state index contributed by atoms with van der Waals surface area (Å²) in [5, 5.41) is 58.0.